The van der Waals surface area contributed by atoms with Crippen LogP contribution in [0.25, 0.3) is 0 Å². The Kier molecular flexibility index (Phi) is 11.8. The molecule has 160 valence electrons. The standard InChI is InChI=1S/C21H35FN4O.HI/c1-5-23-21(24-12-9-17-10-13-26(6-2)14-11-17)25(3)16-18-7-8-20(27-4)19(22)15-18;/h7-8,15,17H,5-6,9-14,16H2,1-4H3,(H,23,24);1H. The first-order valence-electron chi connectivity index (χ1n) is 10.1. The van der Waals surface area contributed by atoms with Crippen molar-refractivity contribution >= 4 is 29.9 Å². The molecule has 0 saturated carbocycles. The van der Waals surface area contributed by atoms with Crippen molar-refractivity contribution < 1.29 is 9.13 Å². The first-order valence-corrected chi connectivity index (χ1v) is 10.1. The molecule has 1 aliphatic heterocycles. The monoisotopic (exact) mass is 506 g/mol. The fraction of sp³-hybridized carbons (Fsp3) is 0.667. The zero-order chi connectivity index (χ0) is 19.6. The third kappa shape index (κ3) is 7.73. The normalized spacial score (nSPS) is 15.8. The highest BCUT2D eigenvalue weighted by molar-refractivity contribution is 14.0. The van der Waals surface area contributed by atoms with Gasteiger partial charge in [0.25, 0.3) is 0 Å². The van der Waals surface area contributed by atoms with Gasteiger partial charge in [0, 0.05) is 26.7 Å². The quantitative estimate of drug-likeness (QED) is 0.329. The minimum atomic E-state index is -0.330. The summed E-state index contributed by atoms with van der Waals surface area (Å²) in [5, 5.41) is 3.34. The molecule has 0 bridgehead atoms. The van der Waals surface area contributed by atoms with Gasteiger partial charge in [-0.3, -0.25) is 4.99 Å². The van der Waals surface area contributed by atoms with E-state index in [4.69, 9.17) is 9.73 Å². The number of hydrogen-bond donors (Lipinski definition) is 1. The number of ether oxygens (including phenoxy) is 1. The molecule has 2 rings (SSSR count). The first-order chi connectivity index (χ1) is 13.1. The van der Waals surface area contributed by atoms with Gasteiger partial charge in [0.05, 0.1) is 7.11 Å². The number of likely N-dealkylation sites (tertiary alicyclic amines) is 1. The van der Waals surface area contributed by atoms with E-state index in [9.17, 15) is 4.39 Å². The lowest BCUT2D eigenvalue weighted by Crippen LogP contribution is -2.38. The highest BCUT2D eigenvalue weighted by Gasteiger charge is 2.17. The van der Waals surface area contributed by atoms with Gasteiger partial charge in [-0.2, -0.15) is 0 Å². The number of rotatable bonds is 8. The number of halogens is 2. The van der Waals surface area contributed by atoms with Crippen molar-refractivity contribution in [2.45, 2.75) is 39.7 Å². The van der Waals surface area contributed by atoms with Crippen molar-refractivity contribution in [2.75, 3.05) is 46.9 Å². The zero-order valence-electron chi connectivity index (χ0n) is 17.7. The lowest BCUT2D eigenvalue weighted by atomic mass is 9.94. The number of piperidine rings is 1. The van der Waals surface area contributed by atoms with E-state index in [1.807, 2.05) is 18.0 Å². The van der Waals surface area contributed by atoms with Gasteiger partial charge in [0.15, 0.2) is 17.5 Å². The maximum Gasteiger partial charge on any atom is 0.193 e. The van der Waals surface area contributed by atoms with Crippen LogP contribution in [0.5, 0.6) is 5.75 Å². The Hall–Kier alpha value is -1.09. The molecule has 0 spiro atoms. The van der Waals surface area contributed by atoms with E-state index in [1.54, 1.807) is 6.07 Å². The summed E-state index contributed by atoms with van der Waals surface area (Å²) in [5.74, 6) is 1.60. The SMILES string of the molecule is CCNC(=NCCC1CCN(CC)CC1)N(C)Cc1ccc(OC)c(F)c1.I. The highest BCUT2D eigenvalue weighted by Crippen LogP contribution is 2.20. The molecular formula is C21H36FIN4O. The fourth-order valence-electron chi connectivity index (χ4n) is 3.57. The highest BCUT2D eigenvalue weighted by atomic mass is 127. The van der Waals surface area contributed by atoms with Gasteiger partial charge in [0.2, 0.25) is 0 Å². The number of aliphatic imine (C=N–C) groups is 1. The molecule has 0 aromatic heterocycles. The summed E-state index contributed by atoms with van der Waals surface area (Å²) in [5.41, 5.74) is 0.897. The second-order valence-electron chi connectivity index (χ2n) is 7.23. The Morgan fingerprint density at radius 1 is 1.32 bits per heavy atom. The number of benzene rings is 1. The largest absolute Gasteiger partial charge is 0.494 e. The topological polar surface area (TPSA) is 40.1 Å². The summed E-state index contributed by atoms with van der Waals surface area (Å²) in [6.45, 7) is 10.1. The maximum atomic E-state index is 13.9. The van der Waals surface area contributed by atoms with E-state index in [0.717, 1.165) is 43.5 Å². The minimum absolute atomic E-state index is 0. The summed E-state index contributed by atoms with van der Waals surface area (Å²) >= 11 is 0. The summed E-state index contributed by atoms with van der Waals surface area (Å²) in [7, 11) is 3.47. The fourth-order valence-corrected chi connectivity index (χ4v) is 3.57. The predicted octanol–water partition coefficient (Wildman–Crippen LogP) is 3.97. The van der Waals surface area contributed by atoms with Crippen molar-refractivity contribution in [1.29, 1.82) is 0 Å². The van der Waals surface area contributed by atoms with Crippen LogP contribution in [-0.4, -0.2) is 62.6 Å². The van der Waals surface area contributed by atoms with Crippen molar-refractivity contribution in [3.63, 3.8) is 0 Å². The van der Waals surface area contributed by atoms with E-state index in [1.165, 1.54) is 39.1 Å². The van der Waals surface area contributed by atoms with E-state index in [2.05, 4.69) is 24.1 Å². The summed E-state index contributed by atoms with van der Waals surface area (Å²) in [6.07, 6.45) is 3.69. The number of nitrogens with one attached hydrogen (secondary N) is 1. The van der Waals surface area contributed by atoms with Crippen molar-refractivity contribution in [3.05, 3.63) is 29.6 Å². The molecule has 5 nitrogen and oxygen atoms in total. The average Bonchev–Trinajstić information content (AvgIpc) is 2.68. The van der Waals surface area contributed by atoms with Crippen molar-refractivity contribution in [3.8, 4) is 5.75 Å². The summed E-state index contributed by atoms with van der Waals surface area (Å²) in [4.78, 5) is 9.36. The Balaban J connectivity index is 0.00000392. The van der Waals surface area contributed by atoms with Crippen LogP contribution in [0.2, 0.25) is 0 Å². The number of hydrogen-bond acceptors (Lipinski definition) is 3. The molecule has 1 aromatic rings. The third-order valence-corrected chi connectivity index (χ3v) is 5.29. The van der Waals surface area contributed by atoms with E-state index < -0.39 is 0 Å². The molecule has 1 saturated heterocycles. The molecular weight excluding hydrogens is 470 g/mol. The summed E-state index contributed by atoms with van der Waals surface area (Å²) in [6, 6.07) is 5.09. The molecule has 1 fully saturated rings. The zero-order valence-corrected chi connectivity index (χ0v) is 20.0. The lowest BCUT2D eigenvalue weighted by Gasteiger charge is -2.30. The van der Waals surface area contributed by atoms with Crippen LogP contribution in [0.3, 0.4) is 0 Å². The first kappa shape index (κ1) is 24.9. The van der Waals surface area contributed by atoms with E-state index in [-0.39, 0.29) is 35.5 Å². The van der Waals surface area contributed by atoms with Crippen LogP contribution in [0.15, 0.2) is 23.2 Å². The Morgan fingerprint density at radius 2 is 2.04 bits per heavy atom. The molecule has 0 amide bonds. The minimum Gasteiger partial charge on any atom is -0.494 e. The number of nitrogens with zero attached hydrogens (tertiary/aromatic N) is 3. The lowest BCUT2D eigenvalue weighted by molar-refractivity contribution is 0.188. The summed E-state index contributed by atoms with van der Waals surface area (Å²) < 4.78 is 18.9. The van der Waals surface area contributed by atoms with E-state index >= 15 is 0 Å². The molecule has 1 heterocycles. The molecule has 1 N–H and O–H groups in total. The smallest absolute Gasteiger partial charge is 0.193 e. The van der Waals surface area contributed by atoms with Gasteiger partial charge in [0.1, 0.15) is 0 Å². The predicted molar refractivity (Wildman–Crippen MR) is 125 cm³/mol. The van der Waals surface area contributed by atoms with Crippen LogP contribution in [0.1, 0.15) is 38.7 Å². The van der Waals surface area contributed by atoms with Gasteiger partial charge >= 0.3 is 0 Å². The van der Waals surface area contributed by atoms with Gasteiger partial charge < -0.3 is 19.9 Å². The van der Waals surface area contributed by atoms with Crippen LogP contribution >= 0.6 is 24.0 Å². The van der Waals surface area contributed by atoms with Gasteiger partial charge in [-0.1, -0.05) is 13.0 Å². The Labute approximate surface area is 186 Å². The number of methoxy groups -OCH3 is 1. The van der Waals surface area contributed by atoms with Crippen LogP contribution in [0.4, 0.5) is 4.39 Å². The van der Waals surface area contributed by atoms with E-state index in [0.29, 0.717) is 6.54 Å². The van der Waals surface area contributed by atoms with Gasteiger partial charge in [-0.25, -0.2) is 4.39 Å². The van der Waals surface area contributed by atoms with Crippen molar-refractivity contribution in [1.82, 2.24) is 15.1 Å². The van der Waals surface area contributed by atoms with Crippen LogP contribution in [0, 0.1) is 11.7 Å². The third-order valence-electron chi connectivity index (χ3n) is 5.29. The molecule has 0 radical (unpaired) electrons. The molecule has 7 heteroatoms. The molecule has 1 aromatic carbocycles. The Morgan fingerprint density at radius 3 is 2.61 bits per heavy atom. The van der Waals surface area contributed by atoms with Crippen LogP contribution in [-0.2, 0) is 6.54 Å². The second kappa shape index (κ2) is 13.2. The van der Waals surface area contributed by atoms with Crippen LogP contribution < -0.4 is 10.1 Å². The number of guanidine groups is 1. The van der Waals surface area contributed by atoms with Crippen molar-refractivity contribution in [2.24, 2.45) is 10.9 Å². The molecule has 28 heavy (non-hydrogen) atoms. The molecule has 0 atom stereocenters. The molecule has 0 aliphatic carbocycles. The molecule has 1 aliphatic rings. The second-order valence-corrected chi connectivity index (χ2v) is 7.23. The Bertz CT molecular complexity index is 606. The average molecular weight is 506 g/mol. The maximum absolute atomic E-state index is 13.9. The van der Waals surface area contributed by atoms with Gasteiger partial charge in [-0.15, -0.1) is 24.0 Å². The molecule has 0 unspecified atom stereocenters. The van der Waals surface area contributed by atoms with Gasteiger partial charge in [-0.05, 0) is 69.4 Å².